The predicted molar refractivity (Wildman–Crippen MR) is 20.1 cm³/mol. The molecule has 0 bridgehead atoms. The van der Waals surface area contributed by atoms with E-state index in [0.29, 0.717) is 0 Å². The predicted octanol–water partition coefficient (Wildman–Crippen LogP) is 0.0749. The van der Waals surface area contributed by atoms with Crippen LogP contribution in [-0.4, -0.2) is 18.5 Å². The van der Waals surface area contributed by atoms with Gasteiger partial charge in [-0.05, 0) is 0 Å². The molecule has 0 heterocycles. The van der Waals surface area contributed by atoms with Crippen molar-refractivity contribution in [2.24, 2.45) is 5.73 Å². The third-order valence-electron chi connectivity index (χ3n) is 0.493. The summed E-state index contributed by atoms with van der Waals surface area (Å²) in [7, 11) is 0. The van der Waals surface area contributed by atoms with Crippen molar-refractivity contribution in [2.75, 3.05) is 0 Å². The minimum absolute atomic E-state index is 1.62. The first kappa shape index (κ1) is 7.26. The lowest BCUT2D eigenvalue weighted by Gasteiger charge is -1.98. The van der Waals surface area contributed by atoms with Gasteiger partial charge in [-0.15, -0.1) is 0 Å². The second kappa shape index (κ2) is 2.54. The van der Waals surface area contributed by atoms with Crippen LogP contribution in [-0.2, 0) is 4.79 Å². The lowest BCUT2D eigenvalue weighted by Crippen LogP contribution is -2.30. The maximum Gasteiger partial charge on any atom is 0.278 e. The topological polar surface area (TPSA) is 43.1 Å². The quantitative estimate of drug-likeness (QED) is 0.560. The third kappa shape index (κ3) is 1.81. The summed E-state index contributed by atoms with van der Waals surface area (Å²) < 4.78 is 33.4. The van der Waals surface area contributed by atoms with Crippen LogP contribution in [0.15, 0.2) is 0 Å². The molecule has 2 N–H and O–H groups in total. The number of carbonyl (C=O) groups is 1. The number of rotatable bonds is 2. The van der Waals surface area contributed by atoms with Crippen molar-refractivity contribution in [1.29, 1.82) is 0 Å². The molecule has 0 radical (unpaired) electrons. The van der Waals surface area contributed by atoms with Crippen LogP contribution in [0.5, 0.6) is 0 Å². The van der Waals surface area contributed by atoms with Crippen LogP contribution < -0.4 is 5.73 Å². The van der Waals surface area contributed by atoms with Gasteiger partial charge in [-0.25, -0.2) is 13.2 Å². The zero-order chi connectivity index (χ0) is 6.73. The Hall–Kier alpha value is -0.740. The second-order valence-corrected chi connectivity index (χ2v) is 1.14. The average Bonchev–Trinajstić information content (AvgIpc) is 1.64. The molecule has 1 unspecified atom stereocenters. The molecule has 0 aromatic heterocycles. The van der Waals surface area contributed by atoms with Crippen LogP contribution in [0, 0.1) is 0 Å². The highest BCUT2D eigenvalue weighted by Crippen LogP contribution is 2.02. The van der Waals surface area contributed by atoms with Gasteiger partial charge in [0.05, 0.1) is 0 Å². The molecule has 0 aliphatic carbocycles. The number of hydrogen-bond acceptors (Lipinski definition) is 1. The molecule has 1 atom stereocenters. The Balaban J connectivity index is 3.64. The molecule has 0 saturated carbocycles. The molecule has 5 heteroatoms. The Morgan fingerprint density at radius 3 is 1.75 bits per heavy atom. The van der Waals surface area contributed by atoms with E-state index < -0.39 is 18.5 Å². The Kier molecular flexibility index (Phi) is 2.30. The normalized spacial score (nSPS) is 14.0. The average molecular weight is 127 g/mol. The molecule has 1 amide bonds. The summed E-state index contributed by atoms with van der Waals surface area (Å²) >= 11 is 0. The fourth-order valence-electron chi connectivity index (χ4n) is 0.124. The first-order chi connectivity index (χ1) is 3.55. The van der Waals surface area contributed by atoms with Crippen LogP contribution in [0.2, 0.25) is 0 Å². The van der Waals surface area contributed by atoms with Gasteiger partial charge in [0.2, 0.25) is 6.17 Å². The zero-order valence-electron chi connectivity index (χ0n) is 3.77. The number of alkyl halides is 3. The lowest BCUT2D eigenvalue weighted by atomic mass is 10.4. The van der Waals surface area contributed by atoms with Gasteiger partial charge in [-0.1, -0.05) is 0 Å². The molecule has 0 spiro atoms. The van der Waals surface area contributed by atoms with Crippen LogP contribution in [0.4, 0.5) is 13.2 Å². The summed E-state index contributed by atoms with van der Waals surface area (Å²) in [4.78, 5) is 9.51. The van der Waals surface area contributed by atoms with Crippen LogP contribution >= 0.6 is 0 Å². The van der Waals surface area contributed by atoms with Crippen LogP contribution in [0.1, 0.15) is 0 Å². The first-order valence-corrected chi connectivity index (χ1v) is 1.77. The number of hydrogen-bond donors (Lipinski definition) is 1. The van der Waals surface area contributed by atoms with E-state index in [9.17, 15) is 18.0 Å². The maximum atomic E-state index is 11.4. The lowest BCUT2D eigenvalue weighted by molar-refractivity contribution is -0.127. The van der Waals surface area contributed by atoms with Crippen molar-refractivity contribution in [3.63, 3.8) is 0 Å². The van der Waals surface area contributed by atoms with Gasteiger partial charge in [-0.3, -0.25) is 4.79 Å². The van der Waals surface area contributed by atoms with Gasteiger partial charge in [0.1, 0.15) is 0 Å². The molecule has 0 saturated heterocycles. The Morgan fingerprint density at radius 1 is 1.38 bits per heavy atom. The van der Waals surface area contributed by atoms with Gasteiger partial charge in [-0.2, -0.15) is 0 Å². The van der Waals surface area contributed by atoms with E-state index in [2.05, 4.69) is 5.73 Å². The van der Waals surface area contributed by atoms with Gasteiger partial charge in [0, 0.05) is 0 Å². The molecule has 0 rings (SSSR count). The molecular weight excluding hydrogens is 123 g/mol. The Labute approximate surface area is 43.5 Å². The number of primary amides is 1. The molecule has 2 nitrogen and oxygen atoms in total. The number of halogens is 3. The van der Waals surface area contributed by atoms with Gasteiger partial charge in [0.25, 0.3) is 12.3 Å². The van der Waals surface area contributed by atoms with E-state index in [1.165, 1.54) is 0 Å². The number of carbonyl (C=O) groups excluding carboxylic acids is 1. The highest BCUT2D eigenvalue weighted by molar-refractivity contribution is 5.79. The van der Waals surface area contributed by atoms with E-state index in [1.54, 1.807) is 0 Å². The Morgan fingerprint density at radius 2 is 1.75 bits per heavy atom. The van der Waals surface area contributed by atoms with Crippen molar-refractivity contribution in [3.05, 3.63) is 0 Å². The monoisotopic (exact) mass is 127 g/mol. The van der Waals surface area contributed by atoms with Gasteiger partial charge in [0.15, 0.2) is 0 Å². The van der Waals surface area contributed by atoms with Crippen molar-refractivity contribution in [1.82, 2.24) is 0 Å². The molecule has 0 aromatic rings. The van der Waals surface area contributed by atoms with Crippen molar-refractivity contribution >= 4 is 5.91 Å². The zero-order valence-corrected chi connectivity index (χ0v) is 3.77. The standard InChI is InChI=1S/C3H4F3NO/c4-1(2(5)6)3(7)8/h1-2H,(H2,7,8). The van der Waals surface area contributed by atoms with Crippen molar-refractivity contribution < 1.29 is 18.0 Å². The fourth-order valence-corrected chi connectivity index (χ4v) is 0.124. The van der Waals surface area contributed by atoms with E-state index in [4.69, 9.17) is 0 Å². The highest BCUT2D eigenvalue weighted by atomic mass is 19.3. The third-order valence-corrected chi connectivity index (χ3v) is 0.493. The molecule has 0 aliphatic heterocycles. The van der Waals surface area contributed by atoms with E-state index in [-0.39, 0.29) is 0 Å². The first-order valence-electron chi connectivity index (χ1n) is 1.77. The fraction of sp³-hybridized carbons (Fsp3) is 0.667. The summed E-state index contributed by atoms with van der Waals surface area (Å²) in [5.41, 5.74) is 4.14. The van der Waals surface area contributed by atoms with Crippen molar-refractivity contribution in [2.45, 2.75) is 12.6 Å². The van der Waals surface area contributed by atoms with Gasteiger partial charge < -0.3 is 5.73 Å². The molecule has 0 aliphatic rings. The maximum absolute atomic E-state index is 11.4. The van der Waals surface area contributed by atoms with E-state index >= 15 is 0 Å². The molecular formula is C3H4F3NO. The Bertz CT molecular complexity index is 94.5. The van der Waals surface area contributed by atoms with E-state index in [1.807, 2.05) is 0 Å². The smallest absolute Gasteiger partial charge is 0.278 e. The summed E-state index contributed by atoms with van der Waals surface area (Å²) in [6.07, 6.45) is -6.12. The SMILES string of the molecule is NC(=O)C(F)C(F)F. The summed E-state index contributed by atoms with van der Waals surface area (Å²) in [5.74, 6) is -1.62. The van der Waals surface area contributed by atoms with Gasteiger partial charge >= 0.3 is 0 Å². The van der Waals surface area contributed by atoms with Crippen LogP contribution in [0.3, 0.4) is 0 Å². The molecule has 0 aromatic carbocycles. The summed E-state index contributed by atoms with van der Waals surface area (Å²) in [6, 6.07) is 0. The largest absolute Gasteiger partial charge is 0.367 e. The summed E-state index contributed by atoms with van der Waals surface area (Å²) in [5, 5.41) is 0. The summed E-state index contributed by atoms with van der Waals surface area (Å²) in [6.45, 7) is 0. The minimum Gasteiger partial charge on any atom is -0.367 e. The molecule has 48 valence electrons. The van der Waals surface area contributed by atoms with E-state index in [0.717, 1.165) is 0 Å². The minimum atomic E-state index is -3.30. The number of nitrogens with two attached hydrogens (primary N) is 1. The number of amides is 1. The second-order valence-electron chi connectivity index (χ2n) is 1.14. The molecule has 8 heavy (non-hydrogen) atoms. The highest BCUT2D eigenvalue weighted by Gasteiger charge is 2.24. The van der Waals surface area contributed by atoms with Crippen LogP contribution in [0.25, 0.3) is 0 Å². The molecule has 0 fully saturated rings. The van der Waals surface area contributed by atoms with Crippen molar-refractivity contribution in [3.8, 4) is 0 Å².